The Hall–Kier alpha value is -1.63. The van der Waals surface area contributed by atoms with Crippen molar-refractivity contribution in [1.82, 2.24) is 0 Å². The highest BCUT2D eigenvalue weighted by molar-refractivity contribution is 5.84. The molecule has 1 aromatic carbocycles. The molecule has 0 saturated carbocycles. The lowest BCUT2D eigenvalue weighted by atomic mass is 10.0. The lowest BCUT2D eigenvalue weighted by Gasteiger charge is -2.08. The van der Waals surface area contributed by atoms with Crippen LogP contribution in [-0.4, -0.2) is 6.21 Å². The van der Waals surface area contributed by atoms with Crippen LogP contribution in [0.4, 0.5) is 0 Å². The van der Waals surface area contributed by atoms with Crippen molar-refractivity contribution in [2.45, 2.75) is 47.5 Å². The van der Waals surface area contributed by atoms with Crippen LogP contribution in [-0.2, 0) is 6.42 Å². The smallest absolute Gasteiger partial charge is 0.0691 e. The normalized spacial score (nSPS) is 13.8. The van der Waals surface area contributed by atoms with Crippen molar-refractivity contribution in [3.05, 3.63) is 52.6 Å². The summed E-state index contributed by atoms with van der Waals surface area (Å²) in [6.45, 7) is 10.6. The predicted molar refractivity (Wildman–Crippen MR) is 86.6 cm³/mol. The maximum Gasteiger partial charge on any atom is 0.0691 e. The zero-order valence-electron chi connectivity index (χ0n) is 12.8. The van der Waals surface area contributed by atoms with Crippen molar-refractivity contribution in [2.75, 3.05) is 0 Å². The van der Waals surface area contributed by atoms with Crippen LogP contribution < -0.4 is 0 Å². The zero-order chi connectivity index (χ0) is 14.3. The molecule has 0 bridgehead atoms. The second-order valence-corrected chi connectivity index (χ2v) is 4.82. The van der Waals surface area contributed by atoms with E-state index in [2.05, 4.69) is 63.0 Å². The lowest BCUT2D eigenvalue weighted by Crippen LogP contribution is -1.89. The largest absolute Gasteiger partial charge is 0.256 e. The van der Waals surface area contributed by atoms with E-state index in [1.165, 1.54) is 22.3 Å². The molecule has 19 heavy (non-hydrogen) atoms. The molecule has 0 saturated heterocycles. The standard InChI is InChI=1S/C18H25N/c1-6-14(4)13-19-18(15(5)7-2)17-11-9-16(8-3)10-12-17/h6,9-13H,7-8H2,1-5H3/b14-6-,18-15-,19-13+. The highest BCUT2D eigenvalue weighted by atomic mass is 14.7. The highest BCUT2D eigenvalue weighted by Crippen LogP contribution is 2.22. The molecule has 102 valence electrons. The van der Waals surface area contributed by atoms with E-state index in [0.717, 1.165) is 18.5 Å². The van der Waals surface area contributed by atoms with Crippen LogP contribution in [0.25, 0.3) is 5.70 Å². The van der Waals surface area contributed by atoms with E-state index < -0.39 is 0 Å². The number of hydrogen-bond donors (Lipinski definition) is 0. The summed E-state index contributed by atoms with van der Waals surface area (Å²) in [6.07, 6.45) is 6.12. The molecule has 0 aliphatic rings. The van der Waals surface area contributed by atoms with Gasteiger partial charge >= 0.3 is 0 Å². The lowest BCUT2D eigenvalue weighted by molar-refractivity contribution is 1.09. The number of aryl methyl sites for hydroxylation is 1. The van der Waals surface area contributed by atoms with Crippen molar-refractivity contribution in [2.24, 2.45) is 4.99 Å². The molecule has 1 aromatic rings. The second kappa shape index (κ2) is 7.73. The summed E-state index contributed by atoms with van der Waals surface area (Å²) >= 11 is 0. The van der Waals surface area contributed by atoms with Gasteiger partial charge in [0.25, 0.3) is 0 Å². The predicted octanol–water partition coefficient (Wildman–Crippen LogP) is 5.43. The van der Waals surface area contributed by atoms with Crippen LogP contribution in [0.1, 0.15) is 52.2 Å². The molecule has 0 atom stereocenters. The minimum Gasteiger partial charge on any atom is -0.256 e. The number of hydrogen-bond acceptors (Lipinski definition) is 1. The molecule has 0 aliphatic heterocycles. The zero-order valence-corrected chi connectivity index (χ0v) is 12.8. The molecule has 0 radical (unpaired) electrons. The second-order valence-electron chi connectivity index (χ2n) is 4.82. The molecule has 0 amide bonds. The third kappa shape index (κ3) is 4.51. The molecular formula is C18H25N. The summed E-state index contributed by atoms with van der Waals surface area (Å²) in [5.74, 6) is 0. The van der Waals surface area contributed by atoms with E-state index in [1.807, 2.05) is 13.1 Å². The van der Waals surface area contributed by atoms with Crippen LogP contribution in [0.5, 0.6) is 0 Å². The monoisotopic (exact) mass is 255 g/mol. The Morgan fingerprint density at radius 3 is 2.21 bits per heavy atom. The SMILES string of the molecule is C\C=C(C)/C=N/C(=C(/C)CC)c1ccc(CC)cc1. The van der Waals surface area contributed by atoms with Crippen LogP contribution in [0, 0.1) is 0 Å². The molecule has 0 fully saturated rings. The van der Waals surface area contributed by atoms with Gasteiger partial charge in [0.2, 0.25) is 0 Å². The fraction of sp³-hybridized carbons (Fsp3) is 0.389. The van der Waals surface area contributed by atoms with E-state index in [1.54, 1.807) is 0 Å². The van der Waals surface area contributed by atoms with Gasteiger partial charge in [0.05, 0.1) is 5.70 Å². The fourth-order valence-electron chi connectivity index (χ4n) is 1.74. The molecule has 0 N–H and O–H groups in total. The van der Waals surface area contributed by atoms with Gasteiger partial charge in [-0.3, -0.25) is 4.99 Å². The topological polar surface area (TPSA) is 12.4 Å². The quantitative estimate of drug-likeness (QED) is 0.622. The average Bonchev–Trinajstić information content (AvgIpc) is 2.47. The molecule has 1 nitrogen and oxygen atoms in total. The number of allylic oxidation sites excluding steroid dienone is 3. The first-order valence-corrected chi connectivity index (χ1v) is 7.08. The van der Waals surface area contributed by atoms with Crippen LogP contribution in [0.2, 0.25) is 0 Å². The summed E-state index contributed by atoms with van der Waals surface area (Å²) in [7, 11) is 0. The Bertz CT molecular complexity index is 487. The van der Waals surface area contributed by atoms with Gasteiger partial charge in [0, 0.05) is 11.8 Å². The Morgan fingerprint density at radius 2 is 1.74 bits per heavy atom. The molecule has 0 unspecified atom stereocenters. The van der Waals surface area contributed by atoms with Crippen molar-refractivity contribution in [1.29, 1.82) is 0 Å². The number of benzene rings is 1. The van der Waals surface area contributed by atoms with Gasteiger partial charge in [0.1, 0.15) is 0 Å². The molecule has 0 spiro atoms. The van der Waals surface area contributed by atoms with E-state index in [4.69, 9.17) is 0 Å². The maximum atomic E-state index is 4.68. The number of rotatable bonds is 5. The Kier molecular flexibility index (Phi) is 6.27. The van der Waals surface area contributed by atoms with Gasteiger partial charge < -0.3 is 0 Å². The van der Waals surface area contributed by atoms with Crippen LogP contribution in [0.15, 0.2) is 46.5 Å². The van der Waals surface area contributed by atoms with Crippen LogP contribution in [0.3, 0.4) is 0 Å². The fourth-order valence-corrected chi connectivity index (χ4v) is 1.74. The summed E-state index contributed by atoms with van der Waals surface area (Å²) < 4.78 is 0. The number of aliphatic imine (C=N–C) groups is 1. The Labute approximate surface area is 117 Å². The Balaban J connectivity index is 3.14. The van der Waals surface area contributed by atoms with Gasteiger partial charge in [-0.25, -0.2) is 0 Å². The summed E-state index contributed by atoms with van der Waals surface area (Å²) in [5.41, 5.74) is 6.19. The maximum absolute atomic E-state index is 4.68. The van der Waals surface area contributed by atoms with E-state index >= 15 is 0 Å². The first-order valence-electron chi connectivity index (χ1n) is 7.08. The first-order chi connectivity index (χ1) is 9.12. The minimum absolute atomic E-state index is 1.02. The number of nitrogens with zero attached hydrogens (tertiary/aromatic N) is 1. The van der Waals surface area contributed by atoms with Gasteiger partial charge in [-0.15, -0.1) is 0 Å². The van der Waals surface area contributed by atoms with E-state index in [9.17, 15) is 0 Å². The molecular weight excluding hydrogens is 230 g/mol. The average molecular weight is 255 g/mol. The molecule has 1 heteroatoms. The van der Waals surface area contributed by atoms with Crippen molar-refractivity contribution < 1.29 is 0 Å². The Morgan fingerprint density at radius 1 is 1.11 bits per heavy atom. The van der Waals surface area contributed by atoms with Gasteiger partial charge in [-0.05, 0) is 50.3 Å². The molecule has 0 aromatic heterocycles. The summed E-state index contributed by atoms with van der Waals surface area (Å²) in [6, 6.07) is 8.73. The minimum atomic E-state index is 1.02. The molecule has 1 rings (SSSR count). The van der Waals surface area contributed by atoms with Crippen molar-refractivity contribution >= 4 is 11.9 Å². The highest BCUT2D eigenvalue weighted by Gasteiger charge is 2.03. The summed E-state index contributed by atoms with van der Waals surface area (Å²) in [4.78, 5) is 4.68. The first kappa shape index (κ1) is 15.4. The van der Waals surface area contributed by atoms with Gasteiger partial charge in [-0.2, -0.15) is 0 Å². The van der Waals surface area contributed by atoms with E-state index in [0.29, 0.717) is 0 Å². The van der Waals surface area contributed by atoms with E-state index in [-0.39, 0.29) is 0 Å². The van der Waals surface area contributed by atoms with Crippen molar-refractivity contribution in [3.8, 4) is 0 Å². The molecule has 0 aliphatic carbocycles. The van der Waals surface area contributed by atoms with Crippen molar-refractivity contribution in [3.63, 3.8) is 0 Å². The molecule has 0 heterocycles. The van der Waals surface area contributed by atoms with Gasteiger partial charge in [0.15, 0.2) is 0 Å². The third-order valence-electron chi connectivity index (χ3n) is 3.42. The van der Waals surface area contributed by atoms with Crippen LogP contribution >= 0.6 is 0 Å². The van der Waals surface area contributed by atoms with Gasteiger partial charge in [-0.1, -0.05) is 44.2 Å². The third-order valence-corrected chi connectivity index (χ3v) is 3.42. The summed E-state index contributed by atoms with van der Waals surface area (Å²) in [5, 5.41) is 0.